The van der Waals surface area contributed by atoms with E-state index in [2.05, 4.69) is 0 Å². The normalized spacial score (nSPS) is 16.5. The number of para-hydroxylation sites is 1. The van der Waals surface area contributed by atoms with Crippen LogP contribution in [0.2, 0.25) is 5.02 Å². The van der Waals surface area contributed by atoms with Crippen LogP contribution in [0.1, 0.15) is 17.2 Å². The third-order valence-electron chi connectivity index (χ3n) is 4.51. The van der Waals surface area contributed by atoms with Crippen molar-refractivity contribution >= 4 is 23.2 Å². The first-order valence-electron chi connectivity index (χ1n) is 7.85. The fourth-order valence-corrected chi connectivity index (χ4v) is 3.49. The summed E-state index contributed by atoms with van der Waals surface area (Å²) in [4.78, 5) is 14.3. The molecule has 1 atom stereocenters. The molecular weight excluding hydrogens is 322 g/mol. The molecule has 3 aromatic rings. The molecule has 24 heavy (non-hydrogen) atoms. The Labute approximate surface area is 145 Å². The second-order valence-corrected chi connectivity index (χ2v) is 6.37. The Hall–Kier alpha value is -2.52. The first kappa shape index (κ1) is 15.0. The average molecular weight is 338 g/mol. The van der Waals surface area contributed by atoms with Crippen molar-refractivity contribution in [3.8, 4) is 11.3 Å². The highest BCUT2D eigenvalue weighted by molar-refractivity contribution is 6.33. The fourth-order valence-electron chi connectivity index (χ4n) is 3.27. The summed E-state index contributed by atoms with van der Waals surface area (Å²) in [7, 11) is 1.82. The number of hydrogen-bond donors (Lipinski definition) is 0. The van der Waals surface area contributed by atoms with Crippen LogP contribution in [0.3, 0.4) is 0 Å². The van der Waals surface area contributed by atoms with Gasteiger partial charge in [-0.2, -0.15) is 0 Å². The highest BCUT2D eigenvalue weighted by Gasteiger charge is 2.35. The standard InChI is InChI=1S/C20H16ClNO2/c1-22-18-9-5-3-6-14(18)16(20(22)23)12-13-10-11-19(24-13)15-7-2-4-8-17(15)21/h2-11,16H,12H2,1H3. The SMILES string of the molecule is CN1C(=O)C(Cc2ccc(-c3ccccc3Cl)o2)c2ccccc21. The number of furan rings is 1. The second kappa shape index (κ2) is 5.84. The number of anilines is 1. The number of amides is 1. The van der Waals surface area contributed by atoms with Crippen LogP contribution < -0.4 is 4.90 Å². The third kappa shape index (κ3) is 2.42. The van der Waals surface area contributed by atoms with Crippen LogP contribution in [-0.2, 0) is 11.2 Å². The number of halogens is 1. The predicted octanol–water partition coefficient (Wildman–Crippen LogP) is 4.90. The van der Waals surface area contributed by atoms with Crippen molar-refractivity contribution in [2.24, 2.45) is 0 Å². The van der Waals surface area contributed by atoms with Crippen molar-refractivity contribution in [3.05, 3.63) is 77.0 Å². The molecule has 4 rings (SSSR count). The molecule has 0 fully saturated rings. The van der Waals surface area contributed by atoms with Crippen LogP contribution in [0.15, 0.2) is 65.1 Å². The Balaban J connectivity index is 1.63. The highest BCUT2D eigenvalue weighted by atomic mass is 35.5. The Morgan fingerprint density at radius 2 is 1.79 bits per heavy atom. The molecule has 1 aromatic heterocycles. The first-order valence-corrected chi connectivity index (χ1v) is 8.23. The molecule has 0 bridgehead atoms. The first-order chi connectivity index (χ1) is 11.6. The zero-order valence-electron chi connectivity index (χ0n) is 13.2. The summed E-state index contributed by atoms with van der Waals surface area (Å²) in [6.07, 6.45) is 0.546. The van der Waals surface area contributed by atoms with Crippen LogP contribution in [0.4, 0.5) is 5.69 Å². The van der Waals surface area contributed by atoms with E-state index in [9.17, 15) is 4.79 Å². The number of rotatable bonds is 3. The molecule has 0 saturated carbocycles. The van der Waals surface area contributed by atoms with Gasteiger partial charge in [-0.25, -0.2) is 0 Å². The molecule has 0 N–H and O–H groups in total. The maximum absolute atomic E-state index is 12.6. The van der Waals surface area contributed by atoms with E-state index in [-0.39, 0.29) is 11.8 Å². The van der Waals surface area contributed by atoms with Crippen molar-refractivity contribution in [1.29, 1.82) is 0 Å². The molecule has 120 valence electrons. The van der Waals surface area contributed by atoms with E-state index in [4.69, 9.17) is 16.0 Å². The Kier molecular flexibility index (Phi) is 3.66. The fraction of sp³-hybridized carbons (Fsp3) is 0.150. The van der Waals surface area contributed by atoms with Gasteiger partial charge in [-0.3, -0.25) is 4.79 Å². The lowest BCUT2D eigenvalue weighted by atomic mass is 9.96. The molecule has 3 nitrogen and oxygen atoms in total. The summed E-state index contributed by atoms with van der Waals surface area (Å²) in [6, 6.07) is 19.3. The molecule has 2 aromatic carbocycles. The van der Waals surface area contributed by atoms with Gasteiger partial charge in [0.25, 0.3) is 0 Å². The van der Waals surface area contributed by atoms with Crippen LogP contribution >= 0.6 is 11.6 Å². The molecule has 1 aliphatic rings. The van der Waals surface area contributed by atoms with Gasteiger partial charge >= 0.3 is 0 Å². The van der Waals surface area contributed by atoms with Crippen LogP contribution in [0.5, 0.6) is 0 Å². The lowest BCUT2D eigenvalue weighted by molar-refractivity contribution is -0.119. The molecule has 1 unspecified atom stereocenters. The average Bonchev–Trinajstić information content (AvgIpc) is 3.15. The zero-order chi connectivity index (χ0) is 16.7. The van der Waals surface area contributed by atoms with Crippen molar-refractivity contribution in [2.45, 2.75) is 12.3 Å². The number of likely N-dealkylation sites (N-methyl/N-ethyl adjacent to an activating group) is 1. The minimum absolute atomic E-state index is 0.104. The number of nitrogens with zero attached hydrogens (tertiary/aromatic N) is 1. The van der Waals surface area contributed by atoms with Gasteiger partial charge in [0, 0.05) is 24.7 Å². The highest BCUT2D eigenvalue weighted by Crippen LogP contribution is 2.39. The van der Waals surface area contributed by atoms with Crippen LogP contribution in [0.25, 0.3) is 11.3 Å². The van der Waals surface area contributed by atoms with E-state index in [1.165, 1.54) is 0 Å². The van der Waals surface area contributed by atoms with Gasteiger partial charge < -0.3 is 9.32 Å². The van der Waals surface area contributed by atoms with Gasteiger partial charge in [-0.05, 0) is 35.9 Å². The summed E-state index contributed by atoms with van der Waals surface area (Å²) < 4.78 is 5.96. The Bertz CT molecular complexity index is 915. The molecule has 4 heteroatoms. The summed E-state index contributed by atoms with van der Waals surface area (Å²) >= 11 is 6.23. The smallest absolute Gasteiger partial charge is 0.234 e. The molecule has 0 spiro atoms. The van der Waals surface area contributed by atoms with Gasteiger partial charge in [0.1, 0.15) is 11.5 Å². The van der Waals surface area contributed by atoms with E-state index in [0.717, 1.165) is 28.3 Å². The lowest BCUT2D eigenvalue weighted by Crippen LogP contribution is -2.24. The Morgan fingerprint density at radius 3 is 2.62 bits per heavy atom. The number of fused-ring (bicyclic) bond motifs is 1. The van der Waals surface area contributed by atoms with Gasteiger partial charge in [-0.15, -0.1) is 0 Å². The third-order valence-corrected chi connectivity index (χ3v) is 4.84. The van der Waals surface area contributed by atoms with E-state index in [1.54, 1.807) is 4.90 Å². The minimum atomic E-state index is -0.198. The van der Waals surface area contributed by atoms with Crippen molar-refractivity contribution in [1.82, 2.24) is 0 Å². The minimum Gasteiger partial charge on any atom is -0.461 e. The summed E-state index contributed by atoms with van der Waals surface area (Å²) in [5.41, 5.74) is 2.90. The lowest BCUT2D eigenvalue weighted by Gasteiger charge is -2.10. The van der Waals surface area contributed by atoms with Crippen LogP contribution in [0, 0.1) is 0 Å². The molecular formula is C20H16ClNO2. The number of carbonyl (C=O) groups excluding carboxylic acids is 1. The van der Waals surface area contributed by atoms with Gasteiger partial charge in [0.05, 0.1) is 10.9 Å². The number of carbonyl (C=O) groups is 1. The quantitative estimate of drug-likeness (QED) is 0.681. The molecule has 0 radical (unpaired) electrons. The van der Waals surface area contributed by atoms with E-state index >= 15 is 0 Å². The molecule has 1 aliphatic heterocycles. The maximum Gasteiger partial charge on any atom is 0.234 e. The summed E-state index contributed by atoms with van der Waals surface area (Å²) in [5, 5.41) is 0.653. The van der Waals surface area contributed by atoms with Crippen molar-refractivity contribution in [2.75, 3.05) is 11.9 Å². The predicted molar refractivity (Wildman–Crippen MR) is 95.5 cm³/mol. The van der Waals surface area contributed by atoms with Gasteiger partial charge in [0.15, 0.2) is 0 Å². The topological polar surface area (TPSA) is 33.5 Å². The maximum atomic E-state index is 12.6. The van der Waals surface area contributed by atoms with Crippen molar-refractivity contribution in [3.63, 3.8) is 0 Å². The summed E-state index contributed by atoms with van der Waals surface area (Å²) in [6.45, 7) is 0. The largest absolute Gasteiger partial charge is 0.461 e. The number of hydrogen-bond acceptors (Lipinski definition) is 2. The van der Waals surface area contributed by atoms with Crippen LogP contribution in [-0.4, -0.2) is 13.0 Å². The molecule has 0 aliphatic carbocycles. The van der Waals surface area contributed by atoms with Gasteiger partial charge in [0.2, 0.25) is 5.91 Å². The van der Waals surface area contributed by atoms with Gasteiger partial charge in [-0.1, -0.05) is 41.9 Å². The monoisotopic (exact) mass is 337 g/mol. The van der Waals surface area contributed by atoms with Crippen molar-refractivity contribution < 1.29 is 9.21 Å². The van der Waals surface area contributed by atoms with E-state index < -0.39 is 0 Å². The van der Waals surface area contributed by atoms with E-state index in [0.29, 0.717) is 11.4 Å². The molecule has 2 heterocycles. The van der Waals surface area contributed by atoms with E-state index in [1.807, 2.05) is 67.7 Å². The second-order valence-electron chi connectivity index (χ2n) is 5.96. The molecule has 1 amide bonds. The zero-order valence-corrected chi connectivity index (χ0v) is 14.0. The molecule has 0 saturated heterocycles. The Morgan fingerprint density at radius 1 is 1.04 bits per heavy atom. The number of benzene rings is 2. The summed E-state index contributed by atoms with van der Waals surface area (Å²) in [5.74, 6) is 1.42.